The molecule has 3 N–H and O–H groups in total. The molecule has 1 saturated heterocycles. The van der Waals surface area contributed by atoms with Gasteiger partial charge in [-0.1, -0.05) is 19.4 Å². The van der Waals surface area contributed by atoms with E-state index in [0.29, 0.717) is 12.2 Å². The van der Waals surface area contributed by atoms with E-state index in [1.165, 1.54) is 35.2 Å². The molecule has 0 unspecified atom stereocenters. The average molecular weight is 435 g/mol. The number of rotatable bonds is 5. The van der Waals surface area contributed by atoms with Crippen molar-refractivity contribution in [1.29, 1.82) is 0 Å². The van der Waals surface area contributed by atoms with Gasteiger partial charge >= 0.3 is 0 Å². The quantitative estimate of drug-likeness (QED) is 0.664. The van der Waals surface area contributed by atoms with Gasteiger partial charge in [-0.25, -0.2) is 0 Å². The fourth-order valence-corrected chi connectivity index (χ4v) is 7.80. The highest BCUT2D eigenvalue weighted by Gasteiger charge is 2.72. The predicted molar refractivity (Wildman–Crippen MR) is 122 cm³/mol. The number of likely N-dealkylation sites (tertiary alicyclic amines) is 1. The van der Waals surface area contributed by atoms with E-state index in [2.05, 4.69) is 29.8 Å². The molecule has 2 aliphatic heterocycles. The van der Waals surface area contributed by atoms with Crippen LogP contribution in [-0.4, -0.2) is 44.8 Å². The van der Waals surface area contributed by atoms with Crippen molar-refractivity contribution in [2.24, 2.45) is 5.92 Å². The fraction of sp³-hybridized carbons (Fsp3) is 0.630. The summed E-state index contributed by atoms with van der Waals surface area (Å²) in [5.41, 5.74) is 6.03. The Hall–Kier alpha value is -1.98. The molecule has 32 heavy (non-hydrogen) atoms. The SMILES string of the molecule is CCCCc1c(C)[nH]c2c1C[C@@]1(O)[C@H]3Cc4ccc(O)c5c4[C@@]1(CCN3CC1CC1)[C@H]2O5. The number of ether oxygens (including phenoxy) is 1. The second-order valence-corrected chi connectivity index (χ2v) is 11.2. The van der Waals surface area contributed by atoms with Crippen molar-refractivity contribution in [1.82, 2.24) is 9.88 Å². The van der Waals surface area contributed by atoms with Gasteiger partial charge in [0.25, 0.3) is 0 Å². The highest BCUT2D eigenvalue weighted by molar-refractivity contribution is 5.65. The lowest BCUT2D eigenvalue weighted by atomic mass is 9.49. The zero-order chi connectivity index (χ0) is 21.8. The number of unbranched alkanes of at least 4 members (excludes halogenated alkanes) is 1. The number of aryl methyl sites for hydroxylation is 1. The van der Waals surface area contributed by atoms with Crippen molar-refractivity contribution < 1.29 is 14.9 Å². The maximum atomic E-state index is 12.8. The Morgan fingerprint density at radius 2 is 2.12 bits per heavy atom. The number of phenolic OH excluding ortho intramolecular Hbond substituents is 1. The molecule has 5 nitrogen and oxygen atoms in total. The molecule has 2 bridgehead atoms. The van der Waals surface area contributed by atoms with Crippen molar-refractivity contribution in [2.45, 2.75) is 88.4 Å². The molecule has 170 valence electrons. The second-order valence-electron chi connectivity index (χ2n) is 11.2. The number of nitrogens with zero attached hydrogens (tertiary/aromatic N) is 1. The third-order valence-corrected chi connectivity index (χ3v) is 9.47. The number of hydrogen-bond donors (Lipinski definition) is 3. The van der Waals surface area contributed by atoms with Crippen LogP contribution in [0.15, 0.2) is 12.1 Å². The normalized spacial score (nSPS) is 34.2. The van der Waals surface area contributed by atoms with Crippen LogP contribution >= 0.6 is 0 Å². The summed E-state index contributed by atoms with van der Waals surface area (Å²) >= 11 is 0. The van der Waals surface area contributed by atoms with Crippen LogP contribution < -0.4 is 4.74 Å². The monoisotopic (exact) mass is 434 g/mol. The van der Waals surface area contributed by atoms with E-state index in [9.17, 15) is 10.2 Å². The second kappa shape index (κ2) is 6.32. The average Bonchev–Trinajstić information content (AvgIpc) is 3.43. The summed E-state index contributed by atoms with van der Waals surface area (Å²) in [6.07, 6.45) is 8.17. The van der Waals surface area contributed by atoms with Gasteiger partial charge in [-0.05, 0) is 80.7 Å². The van der Waals surface area contributed by atoms with Gasteiger partial charge in [-0.3, -0.25) is 4.90 Å². The molecule has 7 rings (SSSR count). The number of benzene rings is 1. The molecule has 1 spiro atoms. The van der Waals surface area contributed by atoms with E-state index in [0.717, 1.165) is 62.4 Å². The number of aliphatic hydroxyl groups is 1. The molecule has 4 atom stereocenters. The molecule has 0 radical (unpaired) electrons. The zero-order valence-corrected chi connectivity index (χ0v) is 19.2. The fourth-order valence-electron chi connectivity index (χ4n) is 7.80. The summed E-state index contributed by atoms with van der Waals surface area (Å²) in [4.78, 5) is 6.30. The first-order chi connectivity index (χ1) is 15.5. The Kier molecular flexibility index (Phi) is 3.85. The van der Waals surface area contributed by atoms with Crippen LogP contribution in [0.3, 0.4) is 0 Å². The minimum Gasteiger partial charge on any atom is -0.504 e. The number of fused-ring (bicyclic) bond motifs is 2. The molecule has 3 heterocycles. The predicted octanol–water partition coefficient (Wildman–Crippen LogP) is 4.07. The van der Waals surface area contributed by atoms with Crippen molar-refractivity contribution in [3.63, 3.8) is 0 Å². The summed E-state index contributed by atoms with van der Waals surface area (Å²) in [6.45, 7) is 6.51. The van der Waals surface area contributed by atoms with Crippen LogP contribution in [0.2, 0.25) is 0 Å². The van der Waals surface area contributed by atoms with Gasteiger partial charge in [-0.15, -0.1) is 0 Å². The molecule has 5 heteroatoms. The minimum atomic E-state index is -0.876. The highest BCUT2D eigenvalue weighted by atomic mass is 16.5. The van der Waals surface area contributed by atoms with Crippen LogP contribution in [0.1, 0.15) is 78.8 Å². The first kappa shape index (κ1) is 19.5. The molecule has 1 aromatic carbocycles. The number of aromatic amines is 1. The lowest BCUT2D eigenvalue weighted by Gasteiger charge is -2.62. The van der Waals surface area contributed by atoms with E-state index in [-0.39, 0.29) is 17.9 Å². The molecule has 3 aliphatic carbocycles. The number of aromatic hydroxyl groups is 1. The summed E-state index contributed by atoms with van der Waals surface area (Å²) in [5, 5.41) is 23.6. The van der Waals surface area contributed by atoms with E-state index < -0.39 is 11.0 Å². The lowest BCUT2D eigenvalue weighted by molar-refractivity contribution is -0.173. The van der Waals surface area contributed by atoms with Crippen molar-refractivity contribution in [3.05, 3.63) is 45.8 Å². The van der Waals surface area contributed by atoms with Gasteiger partial charge in [0.15, 0.2) is 17.6 Å². The number of piperidine rings is 1. The minimum absolute atomic E-state index is 0.105. The van der Waals surface area contributed by atoms with Gasteiger partial charge in [0.05, 0.1) is 16.7 Å². The molecule has 2 aromatic rings. The maximum absolute atomic E-state index is 12.8. The topological polar surface area (TPSA) is 68.7 Å². The third-order valence-electron chi connectivity index (χ3n) is 9.47. The van der Waals surface area contributed by atoms with Crippen LogP contribution in [-0.2, 0) is 24.7 Å². The molecule has 2 fully saturated rings. The van der Waals surface area contributed by atoms with E-state index in [1.807, 2.05) is 0 Å². The largest absolute Gasteiger partial charge is 0.504 e. The maximum Gasteiger partial charge on any atom is 0.166 e. The number of hydrogen-bond acceptors (Lipinski definition) is 4. The summed E-state index contributed by atoms with van der Waals surface area (Å²) < 4.78 is 6.64. The number of phenols is 1. The summed E-state index contributed by atoms with van der Waals surface area (Å²) in [6, 6.07) is 3.98. The first-order valence-electron chi connectivity index (χ1n) is 12.7. The Bertz CT molecular complexity index is 1120. The van der Waals surface area contributed by atoms with Gasteiger partial charge in [-0.2, -0.15) is 0 Å². The molecule has 1 aromatic heterocycles. The number of nitrogens with one attached hydrogen (secondary N) is 1. The van der Waals surface area contributed by atoms with Crippen molar-refractivity contribution in [2.75, 3.05) is 13.1 Å². The van der Waals surface area contributed by atoms with E-state index >= 15 is 0 Å². The standard InChI is InChI=1S/C27H34N2O3/c1-3-4-5-18-15(2)28-23-19(18)13-27(31)21-12-17-8-9-20(30)24-22(17)26(27,25(23)32-24)10-11-29(21)14-16-6-7-16/h8-9,16,21,25,28,30-31H,3-7,10-14H2,1-2H3/t21-,25+,26+,27-/m1/s1. The van der Waals surface area contributed by atoms with Gasteiger partial charge < -0.3 is 19.9 Å². The van der Waals surface area contributed by atoms with Crippen LogP contribution in [0.5, 0.6) is 11.5 Å². The highest BCUT2D eigenvalue weighted by Crippen LogP contribution is 2.69. The Labute approximate surface area is 189 Å². The smallest absolute Gasteiger partial charge is 0.166 e. The molecule has 1 saturated carbocycles. The first-order valence-corrected chi connectivity index (χ1v) is 12.7. The summed E-state index contributed by atoms with van der Waals surface area (Å²) in [5.74, 6) is 1.63. The Balaban J connectivity index is 1.45. The summed E-state index contributed by atoms with van der Waals surface area (Å²) in [7, 11) is 0. The van der Waals surface area contributed by atoms with Crippen molar-refractivity contribution in [3.8, 4) is 11.5 Å². The van der Waals surface area contributed by atoms with Gasteiger partial charge in [0.1, 0.15) is 0 Å². The Morgan fingerprint density at radius 3 is 2.91 bits per heavy atom. The van der Waals surface area contributed by atoms with E-state index in [1.54, 1.807) is 6.07 Å². The molecule has 5 aliphatic rings. The zero-order valence-electron chi connectivity index (χ0n) is 19.2. The van der Waals surface area contributed by atoms with Gasteiger partial charge in [0, 0.05) is 30.3 Å². The van der Waals surface area contributed by atoms with Crippen LogP contribution in [0.25, 0.3) is 0 Å². The molecule has 0 amide bonds. The molecular weight excluding hydrogens is 400 g/mol. The number of H-pyrrole nitrogens is 1. The number of aromatic nitrogens is 1. The lowest BCUT2D eigenvalue weighted by Crippen LogP contribution is -2.74. The van der Waals surface area contributed by atoms with Crippen molar-refractivity contribution >= 4 is 0 Å². The molecular formula is C27H34N2O3. The van der Waals surface area contributed by atoms with Crippen LogP contribution in [0.4, 0.5) is 0 Å². The van der Waals surface area contributed by atoms with Gasteiger partial charge in [0.2, 0.25) is 0 Å². The third kappa shape index (κ3) is 2.22. The Morgan fingerprint density at radius 1 is 1.28 bits per heavy atom. The van der Waals surface area contributed by atoms with E-state index in [4.69, 9.17) is 4.74 Å². The van der Waals surface area contributed by atoms with Crippen LogP contribution in [0, 0.1) is 12.8 Å².